The van der Waals surface area contributed by atoms with Crippen LogP contribution in [0.5, 0.6) is 0 Å². The van der Waals surface area contributed by atoms with E-state index >= 15 is 0 Å². The molecule has 0 saturated heterocycles. The minimum absolute atomic E-state index is 0.0162. The Hall–Kier alpha value is -0.0600. The lowest BCUT2D eigenvalue weighted by molar-refractivity contribution is -0.118. The van der Waals surface area contributed by atoms with Crippen LogP contribution in [-0.4, -0.2) is 17.6 Å². The van der Waals surface area contributed by atoms with Gasteiger partial charge in [-0.1, -0.05) is 0 Å². The number of rotatable bonds is 3. The first-order valence-electron chi connectivity index (χ1n) is 2.29. The van der Waals surface area contributed by atoms with E-state index in [2.05, 4.69) is 18.1 Å². The summed E-state index contributed by atoms with van der Waals surface area (Å²) in [5.41, 5.74) is 2.33. The van der Waals surface area contributed by atoms with E-state index in [4.69, 9.17) is 5.84 Å². The molecule has 0 heterocycles. The molecule has 0 aromatic rings. The van der Waals surface area contributed by atoms with Crippen molar-refractivity contribution in [3.05, 3.63) is 0 Å². The van der Waals surface area contributed by atoms with E-state index in [0.29, 0.717) is 5.75 Å². The molecule has 0 saturated carbocycles. The molecule has 0 unspecified atom stereocenters. The van der Waals surface area contributed by atoms with E-state index in [1.165, 1.54) is 6.92 Å². The number of hydrogen-bond donors (Lipinski definition) is 3. The Balaban J connectivity index is 3.52. The average Bonchev–Trinajstić information content (AvgIpc) is 1.69. The number of thiol groups is 1. The summed E-state index contributed by atoms with van der Waals surface area (Å²) < 4.78 is 0. The largest absolute Gasteiger partial charge is 0.298 e. The number of nitrogens with one attached hydrogen (secondary N) is 1. The number of ketones is 1. The maximum absolute atomic E-state index is 10.4. The summed E-state index contributed by atoms with van der Waals surface area (Å²) in [6, 6.07) is -0.293. The van der Waals surface area contributed by atoms with Gasteiger partial charge in [0.05, 0.1) is 6.04 Å². The van der Waals surface area contributed by atoms with E-state index < -0.39 is 0 Å². The van der Waals surface area contributed by atoms with Crippen molar-refractivity contribution in [2.75, 3.05) is 5.75 Å². The molecule has 0 fully saturated rings. The third-order valence-electron chi connectivity index (χ3n) is 0.874. The molecule has 4 heteroatoms. The summed E-state index contributed by atoms with van der Waals surface area (Å²) in [5.74, 6) is 5.43. The molecule has 8 heavy (non-hydrogen) atoms. The zero-order valence-electron chi connectivity index (χ0n) is 4.72. The maximum atomic E-state index is 10.4. The van der Waals surface area contributed by atoms with Crippen molar-refractivity contribution < 1.29 is 4.79 Å². The third-order valence-corrected chi connectivity index (χ3v) is 1.24. The first kappa shape index (κ1) is 7.94. The van der Waals surface area contributed by atoms with Gasteiger partial charge in [0.1, 0.15) is 5.78 Å². The Morgan fingerprint density at radius 3 is 2.50 bits per heavy atom. The summed E-state index contributed by atoms with van der Waals surface area (Å²) >= 11 is 3.87. The van der Waals surface area contributed by atoms with E-state index in [-0.39, 0.29) is 11.8 Å². The number of nitrogens with two attached hydrogens (primary N) is 1. The van der Waals surface area contributed by atoms with E-state index in [1.54, 1.807) is 0 Å². The van der Waals surface area contributed by atoms with Crippen LogP contribution in [0.4, 0.5) is 0 Å². The van der Waals surface area contributed by atoms with Gasteiger partial charge in [-0.15, -0.1) is 0 Å². The highest BCUT2D eigenvalue weighted by Gasteiger charge is 2.07. The molecule has 0 aliphatic carbocycles. The molecule has 0 spiro atoms. The normalized spacial score (nSPS) is 13.4. The zero-order chi connectivity index (χ0) is 6.57. The summed E-state index contributed by atoms with van der Waals surface area (Å²) in [5, 5.41) is 0. The average molecular weight is 134 g/mol. The predicted octanol–water partition coefficient (Wildman–Crippen LogP) is -0.663. The van der Waals surface area contributed by atoms with Crippen molar-refractivity contribution in [3.63, 3.8) is 0 Å². The van der Waals surface area contributed by atoms with Crippen molar-refractivity contribution >= 4 is 18.4 Å². The Bertz CT molecular complexity index is 82.1. The van der Waals surface area contributed by atoms with Gasteiger partial charge in [0.2, 0.25) is 0 Å². The second-order valence-electron chi connectivity index (χ2n) is 1.51. The van der Waals surface area contributed by atoms with Crippen LogP contribution in [0.2, 0.25) is 0 Å². The molecule has 0 aliphatic heterocycles. The van der Waals surface area contributed by atoms with Gasteiger partial charge in [0.25, 0.3) is 0 Å². The molecule has 3 nitrogen and oxygen atoms in total. The molecule has 48 valence electrons. The first-order chi connectivity index (χ1) is 3.72. The molecule has 3 N–H and O–H groups in total. The van der Waals surface area contributed by atoms with Gasteiger partial charge in [-0.25, -0.2) is 5.43 Å². The second kappa shape index (κ2) is 3.88. The second-order valence-corrected chi connectivity index (χ2v) is 1.88. The monoisotopic (exact) mass is 134 g/mol. The Morgan fingerprint density at radius 2 is 2.50 bits per heavy atom. The van der Waals surface area contributed by atoms with Gasteiger partial charge in [0.15, 0.2) is 0 Å². The van der Waals surface area contributed by atoms with Crippen LogP contribution in [0.3, 0.4) is 0 Å². The summed E-state index contributed by atoms with van der Waals surface area (Å²) in [7, 11) is 0. The fourth-order valence-corrected chi connectivity index (χ4v) is 0.661. The van der Waals surface area contributed by atoms with Crippen molar-refractivity contribution in [1.29, 1.82) is 0 Å². The Morgan fingerprint density at radius 1 is 2.00 bits per heavy atom. The minimum Gasteiger partial charge on any atom is -0.298 e. The summed E-state index contributed by atoms with van der Waals surface area (Å²) in [6.07, 6.45) is 0. The number of Topliss-reactive ketones (excluding diaryl/α,β-unsaturated/α-hetero) is 1. The van der Waals surface area contributed by atoms with Crippen molar-refractivity contribution in [2.24, 2.45) is 5.84 Å². The number of hydrazine groups is 1. The van der Waals surface area contributed by atoms with Crippen LogP contribution in [0.15, 0.2) is 0 Å². The van der Waals surface area contributed by atoms with Gasteiger partial charge >= 0.3 is 0 Å². The van der Waals surface area contributed by atoms with E-state index in [9.17, 15) is 4.79 Å². The molecule has 0 aromatic heterocycles. The van der Waals surface area contributed by atoms with Crippen LogP contribution in [0.1, 0.15) is 6.92 Å². The lowest BCUT2D eigenvalue weighted by Gasteiger charge is -2.06. The van der Waals surface area contributed by atoms with Gasteiger partial charge in [-0.2, -0.15) is 12.6 Å². The topological polar surface area (TPSA) is 55.1 Å². The quantitative estimate of drug-likeness (QED) is 0.273. The van der Waals surface area contributed by atoms with E-state index in [0.717, 1.165) is 0 Å². The fourth-order valence-electron chi connectivity index (χ4n) is 0.299. The highest BCUT2D eigenvalue weighted by atomic mass is 32.1. The minimum atomic E-state index is -0.293. The molecule has 0 aliphatic rings. The number of hydrogen-bond acceptors (Lipinski definition) is 4. The highest BCUT2D eigenvalue weighted by molar-refractivity contribution is 7.80. The van der Waals surface area contributed by atoms with Crippen molar-refractivity contribution in [1.82, 2.24) is 5.43 Å². The molecular formula is C4H10N2OS. The smallest absolute Gasteiger partial charge is 0.148 e. The zero-order valence-corrected chi connectivity index (χ0v) is 5.61. The Labute approximate surface area is 54.0 Å². The van der Waals surface area contributed by atoms with Gasteiger partial charge in [-0.3, -0.25) is 10.6 Å². The van der Waals surface area contributed by atoms with Crippen LogP contribution in [0.25, 0.3) is 0 Å². The SMILES string of the molecule is CC(=O)[C@@H](CS)NN. The first-order valence-corrected chi connectivity index (χ1v) is 2.93. The molecule has 0 bridgehead atoms. The highest BCUT2D eigenvalue weighted by Crippen LogP contribution is 1.85. The molecule has 0 aromatic carbocycles. The number of carbonyl (C=O) groups excluding carboxylic acids is 1. The van der Waals surface area contributed by atoms with Crippen LogP contribution in [0, 0.1) is 0 Å². The fraction of sp³-hybridized carbons (Fsp3) is 0.750. The summed E-state index contributed by atoms with van der Waals surface area (Å²) in [4.78, 5) is 10.4. The molecule has 0 rings (SSSR count). The standard InChI is InChI=1S/C4H10N2OS/c1-3(7)4(2-8)6-5/h4,6,8H,2,5H2,1H3/t4-/m1/s1. The molecule has 0 amide bonds. The van der Waals surface area contributed by atoms with Crippen molar-refractivity contribution in [3.8, 4) is 0 Å². The molecule has 0 radical (unpaired) electrons. The van der Waals surface area contributed by atoms with Crippen LogP contribution < -0.4 is 11.3 Å². The van der Waals surface area contributed by atoms with Crippen LogP contribution in [-0.2, 0) is 4.79 Å². The van der Waals surface area contributed by atoms with Crippen LogP contribution >= 0.6 is 12.6 Å². The van der Waals surface area contributed by atoms with E-state index in [1.807, 2.05) is 0 Å². The van der Waals surface area contributed by atoms with Gasteiger partial charge < -0.3 is 0 Å². The maximum Gasteiger partial charge on any atom is 0.148 e. The molecule has 1 atom stereocenters. The predicted molar refractivity (Wildman–Crippen MR) is 35.6 cm³/mol. The third kappa shape index (κ3) is 2.30. The summed E-state index contributed by atoms with van der Waals surface area (Å²) in [6.45, 7) is 1.47. The lowest BCUT2D eigenvalue weighted by atomic mass is 10.2. The van der Waals surface area contributed by atoms with Gasteiger partial charge in [-0.05, 0) is 6.92 Å². The molecular weight excluding hydrogens is 124 g/mol. The van der Waals surface area contributed by atoms with Gasteiger partial charge in [0, 0.05) is 5.75 Å². The van der Waals surface area contributed by atoms with Crippen molar-refractivity contribution in [2.45, 2.75) is 13.0 Å². The Kier molecular flexibility index (Phi) is 3.85. The lowest BCUT2D eigenvalue weighted by Crippen LogP contribution is -2.41. The number of carbonyl (C=O) groups is 1.